The molecule has 1 aliphatic rings. The predicted molar refractivity (Wildman–Crippen MR) is 120 cm³/mol. The lowest BCUT2D eigenvalue weighted by Crippen LogP contribution is -2.46. The smallest absolute Gasteiger partial charge is 0.244 e. The summed E-state index contributed by atoms with van der Waals surface area (Å²) in [6.45, 7) is 17.9. The van der Waals surface area contributed by atoms with Gasteiger partial charge in [0, 0.05) is 18.2 Å². The first kappa shape index (κ1) is 22.2. The van der Waals surface area contributed by atoms with Gasteiger partial charge in [-0.3, -0.25) is 4.90 Å². The van der Waals surface area contributed by atoms with Gasteiger partial charge < -0.3 is 8.95 Å². The van der Waals surface area contributed by atoms with Gasteiger partial charge in [-0.15, -0.1) is 0 Å². The fourth-order valence-electron chi connectivity index (χ4n) is 3.79. The number of hydrogen-bond donors (Lipinski definition) is 0. The van der Waals surface area contributed by atoms with Crippen molar-refractivity contribution in [2.75, 3.05) is 13.2 Å². The van der Waals surface area contributed by atoms with E-state index < -0.39 is 8.32 Å². The molecule has 29 heavy (non-hydrogen) atoms. The second-order valence-electron chi connectivity index (χ2n) is 10.1. The Bertz CT molecular complexity index is 783. The minimum atomic E-state index is -1.76. The van der Waals surface area contributed by atoms with Crippen LogP contribution in [0.5, 0.6) is 0 Å². The van der Waals surface area contributed by atoms with Crippen LogP contribution in [0, 0.1) is 5.92 Å². The fraction of sp³-hybridized carbons (Fsp3) is 0.652. The van der Waals surface area contributed by atoms with Crippen molar-refractivity contribution in [3.63, 3.8) is 0 Å². The highest BCUT2D eigenvalue weighted by molar-refractivity contribution is 6.74. The standard InChI is InChI=1S/C23H37N3O2Si/c1-17(2)20(22-24-21(25-28-22)18-12-9-8-10-13-18)26-15-11-14-19(26)16-27-29(6,7)23(3,4)5/h8-10,12-13,17,19-20H,11,14-16H2,1-7H3/t19-,20+/m0/s1. The average Bonchev–Trinajstić information content (AvgIpc) is 3.30. The van der Waals surface area contributed by atoms with Crippen molar-refractivity contribution in [2.24, 2.45) is 5.92 Å². The molecule has 2 heterocycles. The van der Waals surface area contributed by atoms with Crippen molar-refractivity contribution in [3.05, 3.63) is 36.2 Å². The summed E-state index contributed by atoms with van der Waals surface area (Å²) in [7, 11) is -1.76. The molecule has 1 aromatic heterocycles. The van der Waals surface area contributed by atoms with Crippen molar-refractivity contribution < 1.29 is 8.95 Å². The van der Waals surface area contributed by atoms with Crippen LogP contribution in [0.15, 0.2) is 34.9 Å². The minimum Gasteiger partial charge on any atom is -0.415 e. The Hall–Kier alpha value is -1.50. The van der Waals surface area contributed by atoms with E-state index in [-0.39, 0.29) is 11.1 Å². The maximum absolute atomic E-state index is 6.58. The molecule has 2 aromatic rings. The van der Waals surface area contributed by atoms with E-state index in [0.29, 0.717) is 17.8 Å². The lowest BCUT2D eigenvalue weighted by atomic mass is 10.0. The van der Waals surface area contributed by atoms with Gasteiger partial charge in [-0.25, -0.2) is 0 Å². The van der Waals surface area contributed by atoms with Crippen molar-refractivity contribution >= 4 is 8.32 Å². The third-order valence-electron chi connectivity index (χ3n) is 6.58. The molecule has 0 aliphatic carbocycles. The van der Waals surface area contributed by atoms with Crippen LogP contribution in [0.2, 0.25) is 18.1 Å². The molecule has 1 aliphatic heterocycles. The Kier molecular flexibility index (Phi) is 6.66. The molecule has 1 aromatic carbocycles. The van der Waals surface area contributed by atoms with Crippen LogP contribution < -0.4 is 0 Å². The van der Waals surface area contributed by atoms with E-state index in [9.17, 15) is 0 Å². The van der Waals surface area contributed by atoms with Crippen LogP contribution in [0.1, 0.15) is 59.4 Å². The molecule has 0 amide bonds. The summed E-state index contributed by atoms with van der Waals surface area (Å²) in [6.07, 6.45) is 2.35. The zero-order valence-corrected chi connectivity index (χ0v) is 20.1. The largest absolute Gasteiger partial charge is 0.415 e. The number of aromatic nitrogens is 2. The Morgan fingerprint density at radius 1 is 1.21 bits per heavy atom. The van der Waals surface area contributed by atoms with Crippen LogP contribution in [-0.4, -0.2) is 42.6 Å². The Labute approximate surface area is 177 Å². The van der Waals surface area contributed by atoms with Crippen LogP contribution in [0.3, 0.4) is 0 Å². The van der Waals surface area contributed by atoms with Gasteiger partial charge in [-0.05, 0) is 43.4 Å². The quantitative estimate of drug-likeness (QED) is 0.525. The normalized spacial score (nSPS) is 19.8. The van der Waals surface area contributed by atoms with Gasteiger partial charge in [0.05, 0.1) is 6.04 Å². The molecule has 6 heteroatoms. The molecule has 0 spiro atoms. The van der Waals surface area contributed by atoms with Crippen molar-refractivity contribution in [1.82, 2.24) is 15.0 Å². The summed E-state index contributed by atoms with van der Waals surface area (Å²) in [5, 5.41) is 4.49. The molecule has 2 atom stereocenters. The van der Waals surface area contributed by atoms with E-state index >= 15 is 0 Å². The van der Waals surface area contributed by atoms with E-state index in [1.807, 2.05) is 30.3 Å². The molecular weight excluding hydrogens is 378 g/mol. The van der Waals surface area contributed by atoms with Gasteiger partial charge in [0.15, 0.2) is 8.32 Å². The number of hydrogen-bond acceptors (Lipinski definition) is 5. The van der Waals surface area contributed by atoms with E-state index in [1.54, 1.807) is 0 Å². The maximum atomic E-state index is 6.58. The van der Waals surface area contributed by atoms with Crippen molar-refractivity contribution in [2.45, 2.75) is 77.7 Å². The third kappa shape index (κ3) is 4.98. The second-order valence-corrected chi connectivity index (χ2v) is 14.9. The van der Waals surface area contributed by atoms with Crippen LogP contribution in [-0.2, 0) is 4.43 Å². The second kappa shape index (κ2) is 8.70. The van der Waals surface area contributed by atoms with Crippen LogP contribution in [0.25, 0.3) is 11.4 Å². The Balaban J connectivity index is 1.77. The highest BCUT2D eigenvalue weighted by Gasteiger charge is 2.41. The zero-order valence-electron chi connectivity index (χ0n) is 19.1. The zero-order chi connectivity index (χ0) is 21.2. The molecule has 0 unspecified atom stereocenters. The highest BCUT2D eigenvalue weighted by Crippen LogP contribution is 2.39. The number of benzene rings is 1. The third-order valence-corrected chi connectivity index (χ3v) is 11.1. The Morgan fingerprint density at radius 2 is 1.90 bits per heavy atom. The molecule has 0 radical (unpaired) electrons. The first-order chi connectivity index (χ1) is 13.6. The molecule has 160 valence electrons. The summed E-state index contributed by atoms with van der Waals surface area (Å²) in [5.41, 5.74) is 0.990. The number of nitrogens with zero attached hydrogens (tertiary/aromatic N) is 3. The molecule has 0 bridgehead atoms. The van der Waals surface area contributed by atoms with Crippen LogP contribution in [0.4, 0.5) is 0 Å². The molecule has 0 N–H and O–H groups in total. The summed E-state index contributed by atoms with van der Waals surface area (Å²) >= 11 is 0. The summed E-state index contributed by atoms with van der Waals surface area (Å²) < 4.78 is 12.3. The molecule has 0 saturated carbocycles. The van der Waals surface area contributed by atoms with Crippen LogP contribution >= 0.6 is 0 Å². The van der Waals surface area contributed by atoms with E-state index in [1.165, 1.54) is 6.42 Å². The van der Waals surface area contributed by atoms with Crippen molar-refractivity contribution in [3.8, 4) is 11.4 Å². The minimum absolute atomic E-state index is 0.121. The SMILES string of the molecule is CC(C)[C@H](c1nc(-c2ccccc2)no1)N1CCC[C@H]1CO[Si](C)(C)C(C)(C)C. The molecular formula is C23H37N3O2Si. The lowest BCUT2D eigenvalue weighted by Gasteiger charge is -2.39. The molecule has 3 rings (SSSR count). The van der Waals surface area contributed by atoms with E-state index in [0.717, 1.165) is 31.0 Å². The van der Waals surface area contributed by atoms with Gasteiger partial charge >= 0.3 is 0 Å². The first-order valence-electron chi connectivity index (χ1n) is 10.9. The van der Waals surface area contributed by atoms with Gasteiger partial charge in [-0.1, -0.05) is 70.1 Å². The summed E-state index contributed by atoms with van der Waals surface area (Å²) in [4.78, 5) is 7.32. The lowest BCUT2D eigenvalue weighted by molar-refractivity contribution is 0.0784. The van der Waals surface area contributed by atoms with Crippen molar-refractivity contribution in [1.29, 1.82) is 0 Å². The van der Waals surface area contributed by atoms with Gasteiger partial charge in [0.1, 0.15) is 0 Å². The van der Waals surface area contributed by atoms with Gasteiger partial charge in [0.25, 0.3) is 0 Å². The van der Waals surface area contributed by atoms with Gasteiger partial charge in [0.2, 0.25) is 11.7 Å². The highest BCUT2D eigenvalue weighted by atomic mass is 28.4. The Morgan fingerprint density at radius 3 is 2.52 bits per heavy atom. The topological polar surface area (TPSA) is 51.4 Å². The fourth-order valence-corrected chi connectivity index (χ4v) is 4.84. The monoisotopic (exact) mass is 415 g/mol. The summed E-state index contributed by atoms with van der Waals surface area (Å²) in [6, 6.07) is 10.6. The molecule has 1 fully saturated rings. The molecule has 1 saturated heterocycles. The van der Waals surface area contributed by atoms with E-state index in [4.69, 9.17) is 13.9 Å². The number of likely N-dealkylation sites (tertiary alicyclic amines) is 1. The summed E-state index contributed by atoms with van der Waals surface area (Å²) in [5.74, 6) is 1.77. The van der Waals surface area contributed by atoms with Gasteiger partial charge in [-0.2, -0.15) is 4.98 Å². The average molecular weight is 416 g/mol. The first-order valence-corrected chi connectivity index (χ1v) is 13.8. The maximum Gasteiger partial charge on any atom is 0.244 e. The predicted octanol–water partition coefficient (Wildman–Crippen LogP) is 5.92. The van der Waals surface area contributed by atoms with E-state index in [2.05, 4.69) is 57.8 Å². The molecule has 5 nitrogen and oxygen atoms in total. The number of rotatable bonds is 7.